The summed E-state index contributed by atoms with van der Waals surface area (Å²) in [6, 6.07) is 7.69. The third-order valence-corrected chi connectivity index (χ3v) is 3.49. The highest BCUT2D eigenvalue weighted by Gasteiger charge is 2.21. The molecule has 2 rings (SSSR count). The molecule has 5 heteroatoms. The molecule has 0 fully saturated rings. The smallest absolute Gasteiger partial charge is 0.142 e. The standard InChI is InChI=1S/C16H20ClN3O/c1-10-13(17)19-15(16(2,3)4)20-14(10)18-11-8-6-7-9-12(11)21-5/h6-9H,1-5H3,(H,18,19,20). The number of halogens is 1. The normalized spacial score (nSPS) is 11.3. The Labute approximate surface area is 130 Å². The summed E-state index contributed by atoms with van der Waals surface area (Å²) >= 11 is 6.24. The molecule has 0 amide bonds. The molecule has 0 bridgehead atoms. The van der Waals surface area contributed by atoms with E-state index in [1.807, 2.05) is 31.2 Å². The molecular weight excluding hydrogens is 286 g/mol. The van der Waals surface area contributed by atoms with Gasteiger partial charge in [0.05, 0.1) is 12.8 Å². The molecule has 1 N–H and O–H groups in total. The van der Waals surface area contributed by atoms with Gasteiger partial charge in [-0.2, -0.15) is 0 Å². The number of anilines is 2. The molecule has 1 heterocycles. The fraction of sp³-hybridized carbons (Fsp3) is 0.375. The second-order valence-corrected chi connectivity index (χ2v) is 6.24. The number of hydrogen-bond acceptors (Lipinski definition) is 4. The number of benzene rings is 1. The molecule has 0 aliphatic heterocycles. The van der Waals surface area contributed by atoms with Gasteiger partial charge in [0.25, 0.3) is 0 Å². The topological polar surface area (TPSA) is 47.0 Å². The third kappa shape index (κ3) is 3.45. The van der Waals surface area contributed by atoms with E-state index in [0.717, 1.165) is 17.0 Å². The molecule has 0 saturated heterocycles. The summed E-state index contributed by atoms with van der Waals surface area (Å²) in [5.74, 6) is 2.16. The van der Waals surface area contributed by atoms with Crippen LogP contribution in [0.5, 0.6) is 5.75 Å². The first kappa shape index (κ1) is 15.6. The van der Waals surface area contributed by atoms with Gasteiger partial charge in [-0.3, -0.25) is 0 Å². The number of methoxy groups -OCH3 is 1. The Kier molecular flexibility index (Phi) is 4.37. The zero-order valence-corrected chi connectivity index (χ0v) is 13.7. The van der Waals surface area contributed by atoms with Crippen molar-refractivity contribution in [2.24, 2.45) is 0 Å². The minimum Gasteiger partial charge on any atom is -0.495 e. The molecule has 0 radical (unpaired) electrons. The molecule has 0 aliphatic rings. The number of para-hydroxylation sites is 2. The number of ether oxygens (including phenoxy) is 1. The van der Waals surface area contributed by atoms with E-state index in [4.69, 9.17) is 16.3 Å². The van der Waals surface area contributed by atoms with Crippen molar-refractivity contribution in [3.8, 4) is 5.75 Å². The summed E-state index contributed by atoms with van der Waals surface area (Å²) in [5.41, 5.74) is 1.49. The average Bonchev–Trinajstić information content (AvgIpc) is 2.43. The predicted octanol–water partition coefficient (Wildman–Crippen LogP) is 4.49. The van der Waals surface area contributed by atoms with Gasteiger partial charge < -0.3 is 10.1 Å². The molecule has 2 aromatic rings. The second kappa shape index (κ2) is 5.90. The largest absolute Gasteiger partial charge is 0.495 e. The van der Waals surface area contributed by atoms with Gasteiger partial charge in [0.15, 0.2) is 0 Å². The summed E-state index contributed by atoms with van der Waals surface area (Å²) in [5, 5.41) is 3.75. The van der Waals surface area contributed by atoms with Gasteiger partial charge in [0, 0.05) is 11.0 Å². The number of aromatic nitrogens is 2. The van der Waals surface area contributed by atoms with Crippen LogP contribution in [0.3, 0.4) is 0 Å². The van der Waals surface area contributed by atoms with Gasteiger partial charge in [0.2, 0.25) is 0 Å². The molecule has 112 valence electrons. The van der Waals surface area contributed by atoms with Gasteiger partial charge >= 0.3 is 0 Å². The van der Waals surface area contributed by atoms with Gasteiger partial charge in [-0.25, -0.2) is 9.97 Å². The second-order valence-electron chi connectivity index (χ2n) is 5.89. The zero-order valence-electron chi connectivity index (χ0n) is 13.0. The number of rotatable bonds is 3. The maximum Gasteiger partial charge on any atom is 0.142 e. The van der Waals surface area contributed by atoms with E-state index >= 15 is 0 Å². The summed E-state index contributed by atoms with van der Waals surface area (Å²) in [4.78, 5) is 8.98. The lowest BCUT2D eigenvalue weighted by Crippen LogP contribution is -2.17. The van der Waals surface area contributed by atoms with E-state index in [1.54, 1.807) is 7.11 Å². The Balaban J connectivity index is 2.46. The van der Waals surface area contributed by atoms with E-state index in [1.165, 1.54) is 0 Å². The Morgan fingerprint density at radius 1 is 1.14 bits per heavy atom. The van der Waals surface area contributed by atoms with Crippen molar-refractivity contribution in [2.75, 3.05) is 12.4 Å². The molecule has 0 atom stereocenters. The first-order valence-corrected chi connectivity index (χ1v) is 7.15. The van der Waals surface area contributed by atoms with Gasteiger partial charge in [-0.15, -0.1) is 0 Å². The lowest BCUT2D eigenvalue weighted by molar-refractivity contribution is 0.417. The molecule has 1 aromatic carbocycles. The Bertz CT molecular complexity index is 650. The Morgan fingerprint density at radius 3 is 2.43 bits per heavy atom. The summed E-state index contributed by atoms with van der Waals surface area (Å²) in [6.07, 6.45) is 0. The molecular formula is C16H20ClN3O. The third-order valence-electron chi connectivity index (χ3n) is 3.12. The predicted molar refractivity (Wildman–Crippen MR) is 86.8 cm³/mol. The quantitative estimate of drug-likeness (QED) is 0.849. The van der Waals surface area contributed by atoms with Crippen LogP contribution < -0.4 is 10.1 Å². The van der Waals surface area contributed by atoms with E-state index in [2.05, 4.69) is 36.1 Å². The van der Waals surface area contributed by atoms with Crippen molar-refractivity contribution in [3.05, 3.63) is 40.8 Å². The minimum atomic E-state index is -0.172. The van der Waals surface area contributed by atoms with E-state index in [9.17, 15) is 0 Å². The van der Waals surface area contributed by atoms with Crippen LogP contribution in [0.2, 0.25) is 5.15 Å². The van der Waals surface area contributed by atoms with E-state index in [0.29, 0.717) is 16.8 Å². The molecule has 0 saturated carbocycles. The first-order valence-electron chi connectivity index (χ1n) is 6.77. The highest BCUT2D eigenvalue weighted by molar-refractivity contribution is 6.30. The van der Waals surface area contributed by atoms with E-state index in [-0.39, 0.29) is 5.41 Å². The summed E-state index contributed by atoms with van der Waals surface area (Å²) < 4.78 is 5.35. The highest BCUT2D eigenvalue weighted by atomic mass is 35.5. The van der Waals surface area contributed by atoms with Crippen molar-refractivity contribution >= 4 is 23.1 Å². The fourth-order valence-corrected chi connectivity index (χ4v) is 1.99. The van der Waals surface area contributed by atoms with E-state index < -0.39 is 0 Å². The maximum atomic E-state index is 6.24. The number of nitrogens with zero attached hydrogens (tertiary/aromatic N) is 2. The zero-order chi connectivity index (χ0) is 15.6. The summed E-state index contributed by atoms with van der Waals surface area (Å²) in [6.45, 7) is 8.06. The number of nitrogens with one attached hydrogen (secondary N) is 1. The Morgan fingerprint density at radius 2 is 1.81 bits per heavy atom. The fourth-order valence-electron chi connectivity index (χ4n) is 1.82. The van der Waals surface area contributed by atoms with Gasteiger partial charge in [-0.05, 0) is 19.1 Å². The van der Waals surface area contributed by atoms with Crippen molar-refractivity contribution in [1.82, 2.24) is 9.97 Å². The highest BCUT2D eigenvalue weighted by Crippen LogP contribution is 2.31. The molecule has 0 unspecified atom stereocenters. The van der Waals surface area contributed by atoms with Gasteiger partial charge in [0.1, 0.15) is 22.5 Å². The van der Waals surface area contributed by atoms with Crippen molar-refractivity contribution in [3.63, 3.8) is 0 Å². The molecule has 4 nitrogen and oxygen atoms in total. The van der Waals surface area contributed by atoms with Crippen LogP contribution in [0.25, 0.3) is 0 Å². The minimum absolute atomic E-state index is 0.172. The molecule has 0 aliphatic carbocycles. The molecule has 0 spiro atoms. The van der Waals surface area contributed by atoms with Crippen LogP contribution in [-0.4, -0.2) is 17.1 Å². The summed E-state index contributed by atoms with van der Waals surface area (Å²) in [7, 11) is 1.64. The van der Waals surface area contributed by atoms with Crippen LogP contribution in [-0.2, 0) is 5.41 Å². The van der Waals surface area contributed by atoms with Crippen LogP contribution in [0.1, 0.15) is 32.2 Å². The van der Waals surface area contributed by atoms with Crippen LogP contribution in [0.4, 0.5) is 11.5 Å². The first-order chi connectivity index (χ1) is 9.82. The maximum absolute atomic E-state index is 6.24. The van der Waals surface area contributed by atoms with Crippen LogP contribution in [0.15, 0.2) is 24.3 Å². The molecule has 21 heavy (non-hydrogen) atoms. The SMILES string of the molecule is COc1ccccc1Nc1nc(C(C)(C)C)nc(Cl)c1C. The monoisotopic (exact) mass is 305 g/mol. The Hall–Kier alpha value is -1.81. The van der Waals surface area contributed by atoms with Crippen molar-refractivity contribution in [1.29, 1.82) is 0 Å². The molecule has 1 aromatic heterocycles. The van der Waals surface area contributed by atoms with Crippen molar-refractivity contribution < 1.29 is 4.74 Å². The van der Waals surface area contributed by atoms with Crippen molar-refractivity contribution in [2.45, 2.75) is 33.1 Å². The number of hydrogen-bond donors (Lipinski definition) is 1. The average molecular weight is 306 g/mol. The lowest BCUT2D eigenvalue weighted by Gasteiger charge is -2.20. The van der Waals surface area contributed by atoms with Crippen LogP contribution in [0, 0.1) is 6.92 Å². The lowest BCUT2D eigenvalue weighted by atomic mass is 9.95. The van der Waals surface area contributed by atoms with Crippen LogP contribution >= 0.6 is 11.6 Å². The van der Waals surface area contributed by atoms with Gasteiger partial charge in [-0.1, -0.05) is 44.5 Å².